The van der Waals surface area contributed by atoms with E-state index in [4.69, 9.17) is 4.74 Å². The van der Waals surface area contributed by atoms with E-state index in [1.165, 1.54) is 19.5 Å². The first-order valence-electron chi connectivity index (χ1n) is 6.27. The zero-order valence-electron chi connectivity index (χ0n) is 11.3. The summed E-state index contributed by atoms with van der Waals surface area (Å²) in [4.78, 5) is 2.42. The maximum Gasteiger partial charge on any atom is 0.0589 e. The van der Waals surface area contributed by atoms with Crippen LogP contribution in [0.1, 0.15) is 34.1 Å². The van der Waals surface area contributed by atoms with E-state index in [0.29, 0.717) is 0 Å². The van der Waals surface area contributed by atoms with Crippen LogP contribution >= 0.6 is 0 Å². The number of hydrogen-bond acceptors (Lipinski definition) is 3. The van der Waals surface area contributed by atoms with E-state index in [0.717, 1.165) is 26.2 Å². The molecular formula is C12H30N2O. The van der Waals surface area contributed by atoms with E-state index in [1.807, 2.05) is 13.8 Å². The molecule has 3 nitrogen and oxygen atoms in total. The second kappa shape index (κ2) is 16.3. The van der Waals surface area contributed by atoms with E-state index >= 15 is 0 Å². The third-order valence-corrected chi connectivity index (χ3v) is 1.82. The Labute approximate surface area is 96.2 Å². The maximum atomic E-state index is 4.98. The number of hydrogen-bond donors (Lipinski definition) is 1. The van der Waals surface area contributed by atoms with Gasteiger partial charge in [0, 0.05) is 39.8 Å². The third kappa shape index (κ3) is 13.9. The van der Waals surface area contributed by atoms with Gasteiger partial charge in [0.15, 0.2) is 0 Å². The topological polar surface area (TPSA) is 24.5 Å². The van der Waals surface area contributed by atoms with Gasteiger partial charge in [-0.05, 0) is 0 Å². The minimum atomic E-state index is 0.861. The molecule has 0 amide bonds. The van der Waals surface area contributed by atoms with Crippen LogP contribution in [-0.2, 0) is 4.74 Å². The van der Waals surface area contributed by atoms with Gasteiger partial charge in [-0.3, -0.25) is 4.90 Å². The molecule has 3 heteroatoms. The number of ether oxygens (including phenoxy) is 1. The summed E-state index contributed by atoms with van der Waals surface area (Å²) in [6.07, 6.45) is 1.25. The molecule has 94 valence electrons. The molecule has 0 aromatic rings. The van der Waals surface area contributed by atoms with Crippen molar-refractivity contribution in [3.63, 3.8) is 0 Å². The van der Waals surface area contributed by atoms with Crippen LogP contribution in [0.15, 0.2) is 0 Å². The Morgan fingerprint density at radius 3 is 2.00 bits per heavy atom. The van der Waals surface area contributed by atoms with Crippen molar-refractivity contribution in [1.82, 2.24) is 10.2 Å². The number of piperazine rings is 1. The van der Waals surface area contributed by atoms with Crippen molar-refractivity contribution in [2.75, 3.05) is 46.4 Å². The lowest BCUT2D eigenvalue weighted by Gasteiger charge is -2.26. The van der Waals surface area contributed by atoms with Crippen LogP contribution in [0.4, 0.5) is 0 Å². The molecule has 0 aromatic heterocycles. The van der Waals surface area contributed by atoms with E-state index in [9.17, 15) is 0 Å². The predicted octanol–water partition coefficient (Wildman–Crippen LogP) is 1.98. The summed E-state index contributed by atoms with van der Waals surface area (Å²) in [5.74, 6) is 0. The summed E-state index contributed by atoms with van der Waals surface area (Å²) in [6, 6.07) is 0. The molecule has 1 aliphatic rings. The fraction of sp³-hybridized carbons (Fsp3) is 1.00. The Kier molecular flexibility index (Phi) is 18.8. The summed E-state index contributed by atoms with van der Waals surface area (Å²) in [7, 11) is 1.75. The monoisotopic (exact) mass is 218 g/mol. The van der Waals surface area contributed by atoms with Gasteiger partial charge in [-0.15, -0.1) is 0 Å². The predicted molar refractivity (Wildman–Crippen MR) is 68.5 cm³/mol. The molecule has 0 aliphatic carbocycles. The lowest BCUT2D eigenvalue weighted by Crippen LogP contribution is -2.44. The lowest BCUT2D eigenvalue weighted by atomic mass is 10.4. The standard InChI is InChI=1S/C7H16N2O.C3H8.C2H6/c1-10-7-6-9-4-2-8-3-5-9;1-3-2;1-2/h8H,2-7H2,1H3;3H2,1-2H3;1-2H3. The molecule has 0 saturated carbocycles. The second-order valence-corrected chi connectivity index (χ2v) is 3.29. The quantitative estimate of drug-likeness (QED) is 0.784. The highest BCUT2D eigenvalue weighted by atomic mass is 16.5. The van der Waals surface area contributed by atoms with Crippen LogP contribution in [-0.4, -0.2) is 51.3 Å². The summed E-state index contributed by atoms with van der Waals surface area (Å²) in [5.41, 5.74) is 0. The first kappa shape index (κ1) is 17.3. The van der Waals surface area contributed by atoms with E-state index < -0.39 is 0 Å². The maximum absolute atomic E-state index is 4.98. The number of nitrogens with zero attached hydrogens (tertiary/aromatic N) is 1. The van der Waals surface area contributed by atoms with Gasteiger partial charge in [-0.1, -0.05) is 34.1 Å². The molecule has 1 rings (SSSR count). The Balaban J connectivity index is 0. The first-order valence-corrected chi connectivity index (χ1v) is 6.27. The minimum absolute atomic E-state index is 0.861. The van der Waals surface area contributed by atoms with Gasteiger partial charge >= 0.3 is 0 Å². The molecule has 1 N–H and O–H groups in total. The van der Waals surface area contributed by atoms with E-state index in [1.54, 1.807) is 7.11 Å². The Hall–Kier alpha value is -0.120. The molecule has 0 unspecified atom stereocenters. The van der Waals surface area contributed by atoms with Gasteiger partial charge in [0.2, 0.25) is 0 Å². The zero-order chi connectivity index (χ0) is 11.9. The number of nitrogens with one attached hydrogen (secondary N) is 1. The van der Waals surface area contributed by atoms with Gasteiger partial charge < -0.3 is 10.1 Å². The molecule has 0 radical (unpaired) electrons. The minimum Gasteiger partial charge on any atom is -0.383 e. The van der Waals surface area contributed by atoms with Crippen molar-refractivity contribution in [3.8, 4) is 0 Å². The van der Waals surface area contributed by atoms with Crippen LogP contribution in [0.2, 0.25) is 0 Å². The second-order valence-electron chi connectivity index (χ2n) is 3.29. The van der Waals surface area contributed by atoms with Crippen molar-refractivity contribution in [2.24, 2.45) is 0 Å². The fourth-order valence-corrected chi connectivity index (χ4v) is 1.16. The van der Waals surface area contributed by atoms with Crippen LogP contribution < -0.4 is 5.32 Å². The van der Waals surface area contributed by atoms with Crippen molar-refractivity contribution in [1.29, 1.82) is 0 Å². The van der Waals surface area contributed by atoms with Gasteiger partial charge in [0.1, 0.15) is 0 Å². The Bertz CT molecular complexity index is 93.6. The zero-order valence-corrected chi connectivity index (χ0v) is 11.3. The Morgan fingerprint density at radius 1 is 1.13 bits per heavy atom. The highest BCUT2D eigenvalue weighted by Gasteiger charge is 2.07. The van der Waals surface area contributed by atoms with Gasteiger partial charge in [0.25, 0.3) is 0 Å². The summed E-state index contributed by atoms with van der Waals surface area (Å²) in [6.45, 7) is 14.8. The molecule has 1 aliphatic heterocycles. The molecule has 1 heterocycles. The third-order valence-electron chi connectivity index (χ3n) is 1.82. The van der Waals surface area contributed by atoms with Crippen molar-refractivity contribution in [3.05, 3.63) is 0 Å². The molecule has 15 heavy (non-hydrogen) atoms. The fourth-order valence-electron chi connectivity index (χ4n) is 1.16. The van der Waals surface area contributed by atoms with Gasteiger partial charge in [-0.25, -0.2) is 0 Å². The first-order chi connectivity index (χ1) is 7.35. The largest absolute Gasteiger partial charge is 0.383 e. The average Bonchev–Trinajstić information content (AvgIpc) is 2.31. The highest BCUT2D eigenvalue weighted by molar-refractivity contribution is 4.66. The molecular weight excluding hydrogens is 188 g/mol. The van der Waals surface area contributed by atoms with Gasteiger partial charge in [0.05, 0.1) is 6.61 Å². The van der Waals surface area contributed by atoms with Crippen LogP contribution in [0.3, 0.4) is 0 Å². The summed E-state index contributed by atoms with van der Waals surface area (Å²) >= 11 is 0. The SMILES string of the molecule is CC.CCC.COCCN1CCNCC1. The molecule has 0 aromatic carbocycles. The summed E-state index contributed by atoms with van der Waals surface area (Å²) in [5, 5.41) is 3.31. The van der Waals surface area contributed by atoms with Gasteiger partial charge in [-0.2, -0.15) is 0 Å². The average molecular weight is 218 g/mol. The lowest BCUT2D eigenvalue weighted by molar-refractivity contribution is 0.139. The molecule has 0 bridgehead atoms. The molecule has 0 spiro atoms. The number of rotatable bonds is 3. The smallest absolute Gasteiger partial charge is 0.0589 e. The molecule has 1 fully saturated rings. The van der Waals surface area contributed by atoms with Crippen molar-refractivity contribution >= 4 is 0 Å². The van der Waals surface area contributed by atoms with E-state index in [-0.39, 0.29) is 0 Å². The summed E-state index contributed by atoms with van der Waals surface area (Å²) < 4.78 is 4.98. The highest BCUT2D eigenvalue weighted by Crippen LogP contribution is 1.90. The Morgan fingerprint density at radius 2 is 1.60 bits per heavy atom. The molecule has 1 saturated heterocycles. The van der Waals surface area contributed by atoms with Crippen molar-refractivity contribution < 1.29 is 4.74 Å². The van der Waals surface area contributed by atoms with Crippen LogP contribution in [0.25, 0.3) is 0 Å². The number of methoxy groups -OCH3 is 1. The molecule has 0 atom stereocenters. The normalized spacial score (nSPS) is 15.8. The van der Waals surface area contributed by atoms with Crippen LogP contribution in [0, 0.1) is 0 Å². The van der Waals surface area contributed by atoms with E-state index in [2.05, 4.69) is 24.1 Å². The van der Waals surface area contributed by atoms with Crippen LogP contribution in [0.5, 0.6) is 0 Å². The van der Waals surface area contributed by atoms with Crippen molar-refractivity contribution in [2.45, 2.75) is 34.1 Å².